The number of nitrogens with one attached hydrogen (secondary N) is 2. The van der Waals surface area contributed by atoms with E-state index in [0.717, 1.165) is 43.7 Å². The Kier molecular flexibility index (Phi) is 10.7. The number of aromatic nitrogens is 6. The molecular weight excluding hydrogens is 723 g/mol. The molecule has 246 valence electrons. The first-order valence-corrected chi connectivity index (χ1v) is 16.7. The maximum atomic E-state index is 6.19. The van der Waals surface area contributed by atoms with Crippen molar-refractivity contribution >= 4 is 79.0 Å². The van der Waals surface area contributed by atoms with Crippen LogP contribution in [0.5, 0.6) is 0 Å². The molecule has 0 aliphatic heterocycles. The molecule has 0 spiro atoms. The second-order valence-corrected chi connectivity index (χ2v) is 12.7. The highest BCUT2D eigenvalue weighted by Gasteiger charge is 2.11. The number of fused-ring (bicyclic) bond motifs is 1. The third kappa shape index (κ3) is 9.09. The van der Waals surface area contributed by atoms with Gasteiger partial charge in [-0.2, -0.15) is 15.1 Å². The average molecular weight is 755 g/mol. The summed E-state index contributed by atoms with van der Waals surface area (Å²) in [5, 5.41) is 15.0. The highest BCUT2D eigenvalue weighted by atomic mass is 79.9. The lowest BCUT2D eigenvalue weighted by atomic mass is 10.2. The van der Waals surface area contributed by atoms with Crippen LogP contribution in [-0.4, -0.2) is 29.7 Å². The minimum Gasteiger partial charge on any atom is -0.340 e. The molecule has 0 atom stereocenters. The van der Waals surface area contributed by atoms with Crippen LogP contribution in [0, 0.1) is 13.8 Å². The first kappa shape index (κ1) is 33.8. The minimum absolute atomic E-state index is 0.451. The Balaban J connectivity index is 0.000000170. The summed E-state index contributed by atoms with van der Waals surface area (Å²) in [5.41, 5.74) is 5.45. The quantitative estimate of drug-likeness (QED) is 0.103. The maximum absolute atomic E-state index is 6.19. The van der Waals surface area contributed by atoms with E-state index in [1.54, 1.807) is 4.68 Å². The molecule has 0 bridgehead atoms. The number of nitrogens with two attached hydrogens (primary N) is 1. The number of hydrazine groups is 1. The molecule has 0 unspecified atom stereocenters. The smallest absolute Gasteiger partial charge is 0.252 e. The molecular formula is C36H31BrCl2N10. The van der Waals surface area contributed by atoms with Crippen LogP contribution in [0.1, 0.15) is 17.0 Å². The zero-order valence-electron chi connectivity index (χ0n) is 26.5. The van der Waals surface area contributed by atoms with Crippen LogP contribution in [0.2, 0.25) is 10.0 Å². The van der Waals surface area contributed by atoms with Gasteiger partial charge >= 0.3 is 0 Å². The van der Waals surface area contributed by atoms with Crippen molar-refractivity contribution in [3.8, 4) is 5.95 Å². The highest BCUT2D eigenvalue weighted by molar-refractivity contribution is 9.10. The van der Waals surface area contributed by atoms with Crippen molar-refractivity contribution in [2.24, 2.45) is 5.84 Å². The number of nitrogens with zero attached hydrogens (tertiary/aromatic N) is 7. The van der Waals surface area contributed by atoms with E-state index >= 15 is 0 Å². The van der Waals surface area contributed by atoms with Crippen molar-refractivity contribution in [3.05, 3.63) is 147 Å². The van der Waals surface area contributed by atoms with Gasteiger partial charge in [0.2, 0.25) is 5.95 Å². The Hall–Kier alpha value is -5.07. The zero-order chi connectivity index (χ0) is 34.3. The van der Waals surface area contributed by atoms with E-state index in [1.165, 1.54) is 5.01 Å². The summed E-state index contributed by atoms with van der Waals surface area (Å²) in [7, 11) is 0. The van der Waals surface area contributed by atoms with Crippen LogP contribution < -0.4 is 21.5 Å². The second-order valence-electron chi connectivity index (χ2n) is 11.0. The number of rotatable bonds is 8. The van der Waals surface area contributed by atoms with Crippen LogP contribution >= 0.6 is 39.1 Å². The minimum atomic E-state index is 0.451. The Bertz CT molecular complexity index is 2160. The fourth-order valence-corrected chi connectivity index (χ4v) is 5.44. The van der Waals surface area contributed by atoms with Gasteiger partial charge in [0.25, 0.3) is 5.95 Å². The van der Waals surface area contributed by atoms with E-state index in [2.05, 4.69) is 51.6 Å². The van der Waals surface area contributed by atoms with Gasteiger partial charge in [0.05, 0.1) is 12.1 Å². The summed E-state index contributed by atoms with van der Waals surface area (Å²) < 4.78 is 2.70. The predicted molar refractivity (Wildman–Crippen MR) is 202 cm³/mol. The molecule has 0 aliphatic carbocycles. The fourth-order valence-electron chi connectivity index (χ4n) is 4.77. The van der Waals surface area contributed by atoms with Crippen molar-refractivity contribution in [3.63, 3.8) is 0 Å². The summed E-state index contributed by atoms with van der Waals surface area (Å²) in [6.45, 7) is 4.33. The molecule has 0 amide bonds. The van der Waals surface area contributed by atoms with E-state index < -0.39 is 0 Å². The normalized spacial score (nSPS) is 10.7. The molecule has 0 radical (unpaired) electrons. The SMILES string of the molecule is Cc1cc(Nc2ccc(Cl)cc2)nc(-n2cc3ccccc3n2)n1.Cc1cc(Nc2ccc(Cl)cc2)nc(N(N)Cc2ccccc2Br)n1. The van der Waals surface area contributed by atoms with Crippen LogP contribution in [-0.2, 0) is 6.54 Å². The lowest BCUT2D eigenvalue weighted by Gasteiger charge is -2.19. The number of benzene rings is 4. The van der Waals surface area contributed by atoms with Gasteiger partial charge in [-0.1, -0.05) is 75.5 Å². The van der Waals surface area contributed by atoms with E-state index in [-0.39, 0.29) is 0 Å². The molecule has 7 rings (SSSR count). The van der Waals surface area contributed by atoms with Gasteiger partial charge in [-0.3, -0.25) is 5.01 Å². The lowest BCUT2D eigenvalue weighted by molar-refractivity contribution is 0.801. The highest BCUT2D eigenvalue weighted by Crippen LogP contribution is 2.23. The van der Waals surface area contributed by atoms with E-state index in [4.69, 9.17) is 29.0 Å². The summed E-state index contributed by atoms with van der Waals surface area (Å²) in [6, 6.07) is 34.5. The Morgan fingerprint density at radius 3 is 1.92 bits per heavy atom. The molecule has 0 saturated heterocycles. The van der Waals surface area contributed by atoms with Gasteiger partial charge in [0.1, 0.15) is 11.6 Å². The Morgan fingerprint density at radius 2 is 1.29 bits per heavy atom. The zero-order valence-corrected chi connectivity index (χ0v) is 29.6. The third-order valence-corrected chi connectivity index (χ3v) is 8.37. The van der Waals surface area contributed by atoms with Crippen LogP contribution in [0.15, 0.2) is 120 Å². The first-order valence-electron chi connectivity index (χ1n) is 15.2. The summed E-state index contributed by atoms with van der Waals surface area (Å²) in [6.07, 6.45) is 1.93. The number of halogens is 3. The maximum Gasteiger partial charge on any atom is 0.252 e. The molecule has 3 aromatic heterocycles. The van der Waals surface area contributed by atoms with Crippen molar-refractivity contribution < 1.29 is 0 Å². The number of anilines is 5. The Labute approximate surface area is 302 Å². The molecule has 13 heteroatoms. The van der Waals surface area contributed by atoms with E-state index in [0.29, 0.717) is 40.1 Å². The molecule has 10 nitrogen and oxygen atoms in total. The molecule has 0 fully saturated rings. The van der Waals surface area contributed by atoms with Crippen LogP contribution in [0.4, 0.5) is 29.0 Å². The fraction of sp³-hybridized carbons (Fsp3) is 0.0833. The van der Waals surface area contributed by atoms with Crippen LogP contribution in [0.25, 0.3) is 16.9 Å². The molecule has 4 N–H and O–H groups in total. The number of hydrogen-bond acceptors (Lipinski definition) is 9. The summed E-state index contributed by atoms with van der Waals surface area (Å²) >= 11 is 15.4. The predicted octanol–water partition coefficient (Wildman–Crippen LogP) is 9.35. The monoisotopic (exact) mass is 752 g/mol. The topological polar surface area (TPSA) is 123 Å². The number of hydrogen-bond donors (Lipinski definition) is 3. The third-order valence-electron chi connectivity index (χ3n) is 7.09. The van der Waals surface area contributed by atoms with Crippen molar-refractivity contribution in [2.45, 2.75) is 20.4 Å². The Morgan fingerprint density at radius 1 is 0.714 bits per heavy atom. The molecule has 4 aromatic carbocycles. The molecule has 0 aliphatic rings. The van der Waals surface area contributed by atoms with Gasteiger partial charge < -0.3 is 10.6 Å². The van der Waals surface area contributed by atoms with E-state index in [1.807, 2.05) is 129 Å². The molecule has 49 heavy (non-hydrogen) atoms. The van der Waals surface area contributed by atoms with Gasteiger partial charge in [0, 0.05) is 61.0 Å². The summed E-state index contributed by atoms with van der Waals surface area (Å²) in [5.74, 6) is 8.55. The molecule has 7 aromatic rings. The van der Waals surface area contributed by atoms with Gasteiger partial charge in [-0.25, -0.2) is 20.5 Å². The van der Waals surface area contributed by atoms with Crippen LogP contribution in [0.3, 0.4) is 0 Å². The lowest BCUT2D eigenvalue weighted by Crippen LogP contribution is -2.32. The van der Waals surface area contributed by atoms with Crippen molar-refractivity contribution in [1.29, 1.82) is 0 Å². The van der Waals surface area contributed by atoms with Gasteiger partial charge in [0.15, 0.2) is 0 Å². The first-order chi connectivity index (χ1) is 23.7. The average Bonchev–Trinajstić information content (AvgIpc) is 3.53. The van der Waals surface area contributed by atoms with Gasteiger partial charge in [-0.15, -0.1) is 0 Å². The van der Waals surface area contributed by atoms with Crippen molar-refractivity contribution in [2.75, 3.05) is 15.6 Å². The largest absolute Gasteiger partial charge is 0.340 e. The molecule has 0 saturated carbocycles. The van der Waals surface area contributed by atoms with Gasteiger partial charge in [-0.05, 0) is 80.1 Å². The van der Waals surface area contributed by atoms with Crippen molar-refractivity contribution in [1.82, 2.24) is 29.7 Å². The number of aryl methyl sites for hydroxylation is 2. The standard InChI is InChI=1S/C18H17BrClN5.C18H14ClN5/c1-12-10-17(23-15-8-6-14(20)7-9-15)24-18(22-12)25(21)11-13-4-2-3-5-16(13)19;1-12-10-17(21-15-8-6-14(19)7-9-15)22-18(20-12)24-11-13-4-2-3-5-16(13)23-24/h2-10H,11,21H2,1H3,(H,22,23,24);2-11H,1H3,(H,20,21,22). The second kappa shape index (κ2) is 15.4. The summed E-state index contributed by atoms with van der Waals surface area (Å²) in [4.78, 5) is 18.0. The van der Waals surface area contributed by atoms with E-state index in [9.17, 15) is 0 Å². The molecule has 3 heterocycles.